The van der Waals surface area contributed by atoms with Crippen molar-refractivity contribution in [2.75, 3.05) is 5.73 Å². The zero-order valence-corrected chi connectivity index (χ0v) is 13.5. The van der Waals surface area contributed by atoms with E-state index in [2.05, 4.69) is 9.82 Å². The summed E-state index contributed by atoms with van der Waals surface area (Å²) < 4.78 is 29.4. The zero-order chi connectivity index (χ0) is 15.8. The third-order valence-electron chi connectivity index (χ3n) is 3.71. The second-order valence-electron chi connectivity index (χ2n) is 5.13. The highest BCUT2D eigenvalue weighted by Gasteiger charge is 2.22. The Morgan fingerprint density at radius 2 is 1.95 bits per heavy atom. The number of rotatable bonds is 4. The molecule has 0 saturated heterocycles. The van der Waals surface area contributed by atoms with Crippen molar-refractivity contribution in [3.8, 4) is 0 Å². The quantitative estimate of drug-likeness (QED) is 0.836. The van der Waals surface area contributed by atoms with Gasteiger partial charge in [-0.3, -0.25) is 4.68 Å². The summed E-state index contributed by atoms with van der Waals surface area (Å²) in [5, 5.41) is 4.02. The number of aryl methyl sites for hydroxylation is 2. The lowest BCUT2D eigenvalue weighted by Crippen LogP contribution is -2.26. The van der Waals surface area contributed by atoms with Crippen LogP contribution in [0.1, 0.15) is 22.4 Å². The molecule has 1 aromatic heterocycles. The molecule has 1 heterocycles. The number of hydrogen-bond acceptors (Lipinski definition) is 4. The summed E-state index contributed by atoms with van der Waals surface area (Å²) in [6, 6.07) is 3.57. The van der Waals surface area contributed by atoms with E-state index in [4.69, 9.17) is 5.73 Å². The van der Waals surface area contributed by atoms with E-state index in [0.717, 1.165) is 16.8 Å². The molecule has 0 unspecified atom stereocenters. The first-order valence-corrected chi connectivity index (χ1v) is 8.05. The van der Waals surface area contributed by atoms with Crippen LogP contribution in [0.4, 0.5) is 5.69 Å². The Hall–Kier alpha value is -1.86. The van der Waals surface area contributed by atoms with Crippen molar-refractivity contribution in [1.29, 1.82) is 0 Å². The number of nitrogens with zero attached hydrogens (tertiary/aromatic N) is 2. The van der Waals surface area contributed by atoms with Crippen LogP contribution in [0.3, 0.4) is 0 Å². The van der Waals surface area contributed by atoms with Crippen molar-refractivity contribution < 1.29 is 8.42 Å². The number of benzene rings is 1. The largest absolute Gasteiger partial charge is 0.398 e. The maximum Gasteiger partial charge on any atom is 0.241 e. The zero-order valence-electron chi connectivity index (χ0n) is 12.6. The third-order valence-corrected chi connectivity index (χ3v) is 5.39. The van der Waals surface area contributed by atoms with Gasteiger partial charge in [0.25, 0.3) is 0 Å². The SMILES string of the molecule is Cc1cc(N)c(C)c(S(=O)(=O)NCc2ccnn2C)c1C. The molecule has 0 amide bonds. The normalized spacial score (nSPS) is 11.8. The van der Waals surface area contributed by atoms with Crippen molar-refractivity contribution >= 4 is 15.7 Å². The van der Waals surface area contributed by atoms with Gasteiger partial charge >= 0.3 is 0 Å². The highest BCUT2D eigenvalue weighted by Crippen LogP contribution is 2.27. The van der Waals surface area contributed by atoms with Gasteiger partial charge in [-0.15, -0.1) is 0 Å². The van der Waals surface area contributed by atoms with Crippen LogP contribution in [0, 0.1) is 20.8 Å². The van der Waals surface area contributed by atoms with Gasteiger partial charge in [-0.2, -0.15) is 5.10 Å². The minimum absolute atomic E-state index is 0.186. The van der Waals surface area contributed by atoms with Crippen LogP contribution in [0.5, 0.6) is 0 Å². The molecule has 0 spiro atoms. The van der Waals surface area contributed by atoms with E-state index in [9.17, 15) is 8.42 Å². The maximum absolute atomic E-state index is 12.6. The number of hydrogen-bond donors (Lipinski definition) is 2. The number of aromatic nitrogens is 2. The summed E-state index contributed by atoms with van der Waals surface area (Å²) in [6.45, 7) is 5.55. The summed E-state index contributed by atoms with van der Waals surface area (Å²) in [4.78, 5) is 0.266. The Morgan fingerprint density at radius 1 is 1.29 bits per heavy atom. The number of sulfonamides is 1. The van der Waals surface area contributed by atoms with Gasteiger partial charge in [0.1, 0.15) is 0 Å². The molecular formula is C14H20N4O2S. The van der Waals surface area contributed by atoms with Gasteiger partial charge in [0, 0.05) is 18.9 Å². The molecule has 1 aromatic carbocycles. The Bertz CT molecular complexity index is 752. The molecule has 3 N–H and O–H groups in total. The van der Waals surface area contributed by atoms with Crippen LogP contribution in [0.15, 0.2) is 23.2 Å². The molecule has 0 radical (unpaired) electrons. The monoisotopic (exact) mass is 308 g/mol. The molecule has 0 aliphatic rings. The summed E-state index contributed by atoms with van der Waals surface area (Å²) in [7, 11) is -1.86. The fourth-order valence-electron chi connectivity index (χ4n) is 2.26. The van der Waals surface area contributed by atoms with Crippen molar-refractivity contribution in [2.24, 2.45) is 7.05 Å². The second kappa shape index (κ2) is 5.50. The highest BCUT2D eigenvalue weighted by atomic mass is 32.2. The lowest BCUT2D eigenvalue weighted by Gasteiger charge is -2.16. The van der Waals surface area contributed by atoms with Crippen LogP contribution in [0.25, 0.3) is 0 Å². The van der Waals surface area contributed by atoms with Crippen LogP contribution in [-0.4, -0.2) is 18.2 Å². The summed E-state index contributed by atoms with van der Waals surface area (Å²) in [5.74, 6) is 0. The van der Waals surface area contributed by atoms with Gasteiger partial charge in [-0.25, -0.2) is 13.1 Å². The van der Waals surface area contributed by atoms with E-state index in [0.29, 0.717) is 11.3 Å². The molecule has 0 atom stereocenters. The molecule has 114 valence electrons. The van der Waals surface area contributed by atoms with Gasteiger partial charge in [0.15, 0.2) is 0 Å². The first kappa shape index (κ1) is 15.5. The standard InChI is InChI=1S/C14H20N4O2S/c1-9-7-13(15)11(3)14(10(9)2)21(19,20)17-8-12-5-6-16-18(12)4/h5-7,17H,8,15H2,1-4H3. The van der Waals surface area contributed by atoms with Crippen molar-refractivity contribution in [2.45, 2.75) is 32.2 Å². The average molecular weight is 308 g/mol. The Labute approximate surface area is 125 Å². The molecule has 0 aliphatic heterocycles. The Kier molecular flexibility index (Phi) is 4.06. The molecule has 2 aromatic rings. The molecule has 0 saturated carbocycles. The van der Waals surface area contributed by atoms with Gasteiger partial charge in [-0.05, 0) is 49.6 Å². The molecule has 21 heavy (non-hydrogen) atoms. The van der Waals surface area contributed by atoms with Gasteiger partial charge in [0.05, 0.1) is 17.1 Å². The first-order chi connectivity index (χ1) is 9.74. The smallest absolute Gasteiger partial charge is 0.241 e. The average Bonchev–Trinajstić information content (AvgIpc) is 2.80. The van der Waals surface area contributed by atoms with E-state index in [1.165, 1.54) is 0 Å². The summed E-state index contributed by atoms with van der Waals surface area (Å²) >= 11 is 0. The van der Waals surface area contributed by atoms with Gasteiger partial charge in [-0.1, -0.05) is 0 Å². The lowest BCUT2D eigenvalue weighted by molar-refractivity contribution is 0.576. The molecule has 6 nitrogen and oxygen atoms in total. The highest BCUT2D eigenvalue weighted by molar-refractivity contribution is 7.89. The number of nitrogens with one attached hydrogen (secondary N) is 1. The second-order valence-corrected chi connectivity index (χ2v) is 6.84. The van der Waals surface area contributed by atoms with Gasteiger partial charge in [0.2, 0.25) is 10.0 Å². The van der Waals surface area contributed by atoms with E-state index in [1.54, 1.807) is 43.9 Å². The predicted octanol–water partition coefficient (Wildman–Crippen LogP) is 1.41. The Morgan fingerprint density at radius 3 is 2.52 bits per heavy atom. The topological polar surface area (TPSA) is 90.0 Å². The third kappa shape index (κ3) is 2.93. The summed E-state index contributed by atoms with van der Waals surface area (Å²) in [6.07, 6.45) is 1.63. The van der Waals surface area contributed by atoms with E-state index >= 15 is 0 Å². The fourth-order valence-corrected chi connectivity index (χ4v) is 3.83. The number of nitrogens with two attached hydrogens (primary N) is 1. The first-order valence-electron chi connectivity index (χ1n) is 6.57. The minimum Gasteiger partial charge on any atom is -0.398 e. The number of anilines is 1. The molecule has 2 rings (SSSR count). The van der Waals surface area contributed by atoms with E-state index in [1.807, 2.05) is 6.92 Å². The molecule has 0 aliphatic carbocycles. The predicted molar refractivity (Wildman–Crippen MR) is 82.3 cm³/mol. The van der Waals surface area contributed by atoms with Crippen molar-refractivity contribution in [3.63, 3.8) is 0 Å². The van der Waals surface area contributed by atoms with Gasteiger partial charge < -0.3 is 5.73 Å². The molecule has 0 fully saturated rings. The Balaban J connectivity index is 2.39. The van der Waals surface area contributed by atoms with Crippen LogP contribution in [-0.2, 0) is 23.6 Å². The van der Waals surface area contributed by atoms with Crippen LogP contribution < -0.4 is 10.5 Å². The van der Waals surface area contributed by atoms with E-state index < -0.39 is 10.0 Å². The number of nitrogen functional groups attached to an aromatic ring is 1. The van der Waals surface area contributed by atoms with Crippen molar-refractivity contribution in [1.82, 2.24) is 14.5 Å². The minimum atomic E-state index is -3.63. The molecule has 0 bridgehead atoms. The molecule has 7 heteroatoms. The summed E-state index contributed by atoms with van der Waals surface area (Å²) in [5.41, 5.74) is 9.33. The lowest BCUT2D eigenvalue weighted by atomic mass is 10.1. The van der Waals surface area contributed by atoms with Crippen LogP contribution >= 0.6 is 0 Å². The van der Waals surface area contributed by atoms with E-state index in [-0.39, 0.29) is 11.4 Å². The van der Waals surface area contributed by atoms with Crippen molar-refractivity contribution in [3.05, 3.63) is 40.7 Å². The maximum atomic E-state index is 12.6. The van der Waals surface area contributed by atoms with Crippen LogP contribution in [0.2, 0.25) is 0 Å². The fraction of sp³-hybridized carbons (Fsp3) is 0.357. The molecular weight excluding hydrogens is 288 g/mol.